The van der Waals surface area contributed by atoms with Crippen LogP contribution in [0.5, 0.6) is 5.75 Å². The van der Waals surface area contributed by atoms with Crippen LogP contribution in [0, 0.1) is 0 Å². The lowest BCUT2D eigenvalue weighted by molar-refractivity contribution is -0.128. The number of esters is 1. The van der Waals surface area contributed by atoms with Gasteiger partial charge in [0.05, 0.1) is 50.3 Å². The predicted octanol–water partition coefficient (Wildman–Crippen LogP) is 7.70. The smallest absolute Gasteiger partial charge is 0.411 e. The Hall–Kier alpha value is -7.22. The Morgan fingerprint density at radius 3 is 2.06 bits per heavy atom. The number of methoxy groups -OCH3 is 2. The molecule has 14 heteroatoms. The summed E-state index contributed by atoms with van der Waals surface area (Å²) in [4.78, 5) is 71.2. The molecule has 6 aromatic rings. The molecule has 0 saturated carbocycles. The Labute approximate surface area is 370 Å². The third-order valence-corrected chi connectivity index (χ3v) is 11.5. The standard InChI is InChI=1S/C49H45N5O8.ClH/c1-29(50-2)45(55)52-41-27-54(43-16-10-9-15-42(43)53(47(41)57)26-39-34-23-19-32(48(58)61-4)25-31(34)20-24-44(39)60-3)46(56)30-17-21-33(22-18-30)51-49(59)62-28-40-37-13-7-5-11-35(37)36-12-6-8-14-38(36)40;/h5-25,29,40-41,50H,26-28H2,1-4H3,(H,51,59)(H,52,55);1H/t29?,41-;/m0./s1. The first-order chi connectivity index (χ1) is 30.1. The molecule has 4 amide bonds. The third kappa shape index (κ3) is 8.66. The lowest BCUT2D eigenvalue weighted by Gasteiger charge is -2.27. The molecule has 63 heavy (non-hydrogen) atoms. The number of anilines is 3. The van der Waals surface area contributed by atoms with E-state index in [1.54, 1.807) is 91.7 Å². The van der Waals surface area contributed by atoms with E-state index in [-0.39, 0.29) is 43.6 Å². The van der Waals surface area contributed by atoms with E-state index in [4.69, 9.17) is 14.2 Å². The highest BCUT2D eigenvalue weighted by Crippen LogP contribution is 2.44. The number of nitrogens with zero attached hydrogens (tertiary/aromatic N) is 2. The minimum Gasteiger partial charge on any atom is -0.496 e. The normalized spacial score (nSPS) is 14.6. The van der Waals surface area contributed by atoms with Crippen LogP contribution in [0.1, 0.15) is 50.2 Å². The molecule has 1 heterocycles. The van der Waals surface area contributed by atoms with Gasteiger partial charge >= 0.3 is 12.1 Å². The van der Waals surface area contributed by atoms with E-state index in [0.29, 0.717) is 33.9 Å². The molecule has 0 radical (unpaired) electrons. The van der Waals surface area contributed by atoms with Crippen molar-refractivity contribution in [1.29, 1.82) is 0 Å². The molecule has 0 bridgehead atoms. The molecular weight excluding hydrogens is 822 g/mol. The molecule has 1 aliphatic heterocycles. The van der Waals surface area contributed by atoms with Gasteiger partial charge in [0.1, 0.15) is 18.4 Å². The van der Waals surface area contributed by atoms with Crippen LogP contribution < -0.4 is 30.5 Å². The molecule has 8 rings (SSSR count). The highest BCUT2D eigenvalue weighted by molar-refractivity contribution is 6.13. The van der Waals surface area contributed by atoms with Crippen molar-refractivity contribution < 1.29 is 38.2 Å². The summed E-state index contributed by atoms with van der Waals surface area (Å²) in [6.07, 6.45) is -0.632. The summed E-state index contributed by atoms with van der Waals surface area (Å²) in [5.41, 5.74) is 7.06. The van der Waals surface area contributed by atoms with Gasteiger partial charge in [0.15, 0.2) is 0 Å². The summed E-state index contributed by atoms with van der Waals surface area (Å²) in [7, 11) is 4.49. The van der Waals surface area contributed by atoms with Gasteiger partial charge in [-0.1, -0.05) is 72.8 Å². The summed E-state index contributed by atoms with van der Waals surface area (Å²) in [6, 6.07) is 36.6. The summed E-state index contributed by atoms with van der Waals surface area (Å²) in [6.45, 7) is 1.64. The molecule has 322 valence electrons. The fourth-order valence-corrected chi connectivity index (χ4v) is 8.21. The van der Waals surface area contributed by atoms with E-state index < -0.39 is 41.9 Å². The number of ether oxygens (including phenoxy) is 3. The van der Waals surface area contributed by atoms with E-state index in [0.717, 1.165) is 33.0 Å². The van der Waals surface area contributed by atoms with Crippen LogP contribution in [-0.4, -0.2) is 76.3 Å². The third-order valence-electron chi connectivity index (χ3n) is 11.5. The SMILES string of the molecule is CNC(C)C(=O)N[C@H]1CN(C(=O)c2ccc(NC(=O)OCC3c4ccccc4-c4ccccc43)cc2)c2ccccc2N(Cc2c(OC)ccc3cc(C(=O)OC)ccc23)C1=O.Cl. The Kier molecular flexibility index (Phi) is 13.1. The number of para-hydroxylation sites is 2. The minimum atomic E-state index is -1.16. The molecule has 0 fully saturated rings. The van der Waals surface area contributed by atoms with Crippen molar-refractivity contribution >= 4 is 70.0 Å². The summed E-state index contributed by atoms with van der Waals surface area (Å²) < 4.78 is 16.5. The number of benzene rings is 6. The van der Waals surface area contributed by atoms with Crippen LogP contribution in [0.4, 0.5) is 21.9 Å². The van der Waals surface area contributed by atoms with Crippen LogP contribution >= 0.6 is 12.4 Å². The molecule has 13 nitrogen and oxygen atoms in total. The molecule has 0 aromatic heterocycles. The van der Waals surface area contributed by atoms with Crippen molar-refractivity contribution in [3.05, 3.63) is 155 Å². The number of halogens is 1. The molecule has 6 aromatic carbocycles. The quantitative estimate of drug-likeness (QED) is 0.111. The first-order valence-corrected chi connectivity index (χ1v) is 20.2. The number of rotatable bonds is 11. The van der Waals surface area contributed by atoms with Gasteiger partial charge in [-0.2, -0.15) is 0 Å². The second-order valence-corrected chi connectivity index (χ2v) is 15.1. The Morgan fingerprint density at radius 1 is 0.778 bits per heavy atom. The Bertz CT molecular complexity index is 2680. The molecular formula is C49H46ClN5O8. The molecule has 0 spiro atoms. The van der Waals surface area contributed by atoms with Crippen molar-refractivity contribution in [3.8, 4) is 16.9 Å². The maximum Gasteiger partial charge on any atom is 0.411 e. The molecule has 2 atom stereocenters. The lowest BCUT2D eigenvalue weighted by atomic mass is 9.98. The van der Waals surface area contributed by atoms with E-state index in [1.807, 2.05) is 30.3 Å². The van der Waals surface area contributed by atoms with Crippen LogP contribution in [0.15, 0.2) is 127 Å². The number of amides is 4. The fourth-order valence-electron chi connectivity index (χ4n) is 8.21. The van der Waals surface area contributed by atoms with Crippen molar-refractivity contribution in [2.45, 2.75) is 31.5 Å². The Balaban J connectivity index is 0.00000595. The summed E-state index contributed by atoms with van der Waals surface area (Å²) >= 11 is 0. The van der Waals surface area contributed by atoms with E-state index in [9.17, 15) is 24.0 Å². The monoisotopic (exact) mass is 867 g/mol. The summed E-state index contributed by atoms with van der Waals surface area (Å²) in [5, 5.41) is 10.0. The van der Waals surface area contributed by atoms with Crippen LogP contribution in [0.25, 0.3) is 21.9 Å². The topological polar surface area (TPSA) is 156 Å². The average molecular weight is 868 g/mol. The number of fused-ring (bicyclic) bond motifs is 5. The van der Waals surface area contributed by atoms with Gasteiger partial charge in [-0.05, 0) is 102 Å². The zero-order chi connectivity index (χ0) is 43.5. The maximum absolute atomic E-state index is 14.8. The van der Waals surface area contributed by atoms with E-state index in [1.165, 1.54) is 19.1 Å². The number of hydrogen-bond acceptors (Lipinski definition) is 9. The highest BCUT2D eigenvalue weighted by Gasteiger charge is 2.38. The fraction of sp³-hybridized carbons (Fsp3) is 0.204. The maximum atomic E-state index is 14.8. The first kappa shape index (κ1) is 43.9. The highest BCUT2D eigenvalue weighted by atomic mass is 35.5. The van der Waals surface area contributed by atoms with E-state index >= 15 is 0 Å². The van der Waals surface area contributed by atoms with Gasteiger partial charge in [0, 0.05) is 22.7 Å². The number of carbonyl (C=O) groups excluding carboxylic acids is 5. The van der Waals surface area contributed by atoms with Crippen LogP contribution in [0.3, 0.4) is 0 Å². The van der Waals surface area contributed by atoms with Crippen molar-refractivity contribution in [3.63, 3.8) is 0 Å². The second-order valence-electron chi connectivity index (χ2n) is 15.1. The number of nitrogens with one attached hydrogen (secondary N) is 3. The van der Waals surface area contributed by atoms with Gasteiger partial charge in [-0.25, -0.2) is 9.59 Å². The van der Waals surface area contributed by atoms with E-state index in [2.05, 4.69) is 40.2 Å². The zero-order valence-electron chi connectivity index (χ0n) is 35.0. The molecule has 2 aliphatic rings. The van der Waals surface area contributed by atoms with Crippen molar-refractivity contribution in [1.82, 2.24) is 10.6 Å². The van der Waals surface area contributed by atoms with Crippen LogP contribution in [-0.2, 0) is 25.6 Å². The van der Waals surface area contributed by atoms with Gasteiger partial charge in [0.25, 0.3) is 11.8 Å². The van der Waals surface area contributed by atoms with Crippen molar-refractivity contribution in [2.24, 2.45) is 0 Å². The van der Waals surface area contributed by atoms with Gasteiger partial charge in [-0.15, -0.1) is 12.4 Å². The minimum absolute atomic E-state index is 0. The van der Waals surface area contributed by atoms with Gasteiger partial charge < -0.3 is 34.6 Å². The number of likely N-dealkylation sites (N-methyl/N-ethyl adjacent to an activating group) is 1. The molecule has 0 saturated heterocycles. The number of carbonyl (C=O) groups is 5. The van der Waals surface area contributed by atoms with Crippen LogP contribution in [0.2, 0.25) is 0 Å². The molecule has 3 N–H and O–H groups in total. The second kappa shape index (κ2) is 18.8. The largest absolute Gasteiger partial charge is 0.496 e. The van der Waals surface area contributed by atoms with Crippen molar-refractivity contribution in [2.75, 3.05) is 49.5 Å². The molecule has 1 unspecified atom stereocenters. The Morgan fingerprint density at radius 2 is 1.41 bits per heavy atom. The summed E-state index contributed by atoms with van der Waals surface area (Å²) in [5.74, 6) is -1.39. The van der Waals surface area contributed by atoms with Gasteiger partial charge in [-0.3, -0.25) is 19.7 Å². The lowest BCUT2D eigenvalue weighted by Crippen LogP contribution is -2.55. The first-order valence-electron chi connectivity index (χ1n) is 20.2. The van der Waals surface area contributed by atoms with Gasteiger partial charge in [0.2, 0.25) is 5.91 Å². The number of hydrogen-bond donors (Lipinski definition) is 3. The zero-order valence-corrected chi connectivity index (χ0v) is 35.9. The average Bonchev–Trinajstić information content (AvgIpc) is 3.57. The predicted molar refractivity (Wildman–Crippen MR) is 244 cm³/mol. The molecule has 1 aliphatic carbocycles.